The number of benzene rings is 2. The highest BCUT2D eigenvalue weighted by Crippen LogP contribution is 2.55. The van der Waals surface area contributed by atoms with Gasteiger partial charge >= 0.3 is 0 Å². The maximum Gasteiger partial charge on any atom is 0.184 e. The molecule has 0 saturated heterocycles. The molecule has 22 heavy (non-hydrogen) atoms. The number of rotatable bonds is 3. The average molecular weight is 316 g/mol. The van der Waals surface area contributed by atoms with E-state index in [1.54, 1.807) is 18.2 Å². The second-order valence-electron chi connectivity index (χ2n) is 5.35. The van der Waals surface area contributed by atoms with Crippen LogP contribution in [0.5, 0.6) is 0 Å². The van der Waals surface area contributed by atoms with Gasteiger partial charge in [0.25, 0.3) is 0 Å². The molecule has 2 aromatic carbocycles. The fraction of sp³-hybridized carbons (Fsp3) is 0.188. The van der Waals surface area contributed by atoms with Crippen molar-refractivity contribution in [3.8, 4) is 6.07 Å². The molecular weight excluding hydrogens is 303 g/mol. The van der Waals surface area contributed by atoms with E-state index in [2.05, 4.69) is 0 Å². The summed E-state index contributed by atoms with van der Waals surface area (Å²) in [5.41, 5.74) is 5.05. The van der Waals surface area contributed by atoms with Crippen molar-refractivity contribution in [1.29, 1.82) is 5.26 Å². The van der Waals surface area contributed by atoms with Crippen LogP contribution in [-0.2, 0) is 9.84 Å². The van der Waals surface area contributed by atoms with E-state index >= 15 is 0 Å². The van der Waals surface area contributed by atoms with Crippen LogP contribution >= 0.6 is 0 Å². The molecule has 6 heteroatoms. The minimum Gasteiger partial charge on any atom is -0.312 e. The molecular formula is C16H13FN2O2S. The van der Waals surface area contributed by atoms with Gasteiger partial charge < -0.3 is 5.73 Å². The van der Waals surface area contributed by atoms with Crippen LogP contribution in [0.1, 0.15) is 11.5 Å². The lowest BCUT2D eigenvalue weighted by molar-refractivity contribution is 0.592. The van der Waals surface area contributed by atoms with Crippen molar-refractivity contribution >= 4 is 9.84 Å². The summed E-state index contributed by atoms with van der Waals surface area (Å²) >= 11 is 0. The Hall–Kier alpha value is -2.23. The average Bonchev–Trinajstić information content (AvgIpc) is 3.17. The molecule has 1 aliphatic carbocycles. The van der Waals surface area contributed by atoms with E-state index in [-0.39, 0.29) is 4.90 Å². The van der Waals surface area contributed by atoms with Crippen molar-refractivity contribution in [2.45, 2.75) is 21.6 Å². The molecule has 0 unspecified atom stereocenters. The van der Waals surface area contributed by atoms with Gasteiger partial charge in [-0.15, -0.1) is 0 Å². The summed E-state index contributed by atoms with van der Waals surface area (Å²) in [5, 5.41) is 8.29. The van der Waals surface area contributed by atoms with Crippen LogP contribution in [0.25, 0.3) is 0 Å². The Bertz CT molecular complexity index is 844. The van der Waals surface area contributed by atoms with Crippen molar-refractivity contribution in [3.63, 3.8) is 0 Å². The molecule has 0 aromatic heterocycles. The second-order valence-corrected chi connectivity index (χ2v) is 7.42. The van der Waals surface area contributed by atoms with Crippen molar-refractivity contribution in [2.75, 3.05) is 0 Å². The molecule has 0 heterocycles. The van der Waals surface area contributed by atoms with Gasteiger partial charge in [0.05, 0.1) is 11.0 Å². The quantitative estimate of drug-likeness (QED) is 0.938. The van der Waals surface area contributed by atoms with Crippen molar-refractivity contribution < 1.29 is 12.8 Å². The van der Waals surface area contributed by atoms with Gasteiger partial charge in [0, 0.05) is 5.92 Å². The zero-order valence-corrected chi connectivity index (χ0v) is 12.3. The monoisotopic (exact) mass is 316 g/mol. The number of hydrogen-bond acceptors (Lipinski definition) is 4. The topological polar surface area (TPSA) is 83.9 Å². The Morgan fingerprint density at radius 3 is 2.23 bits per heavy atom. The number of halogens is 1. The standard InChI is InChI=1S/C16H13FN2O2S/c17-12-8-6-11(7-9-12)14-15(16(14,19)10-18)22(20,21)13-4-2-1-3-5-13/h1-9,14-15H,19H2/t14-,15-,16+/m0/s1. The number of hydrogen-bond donors (Lipinski definition) is 1. The number of nitrogens with zero attached hydrogens (tertiary/aromatic N) is 1. The molecule has 0 spiro atoms. The summed E-state index contributed by atoms with van der Waals surface area (Å²) in [7, 11) is -3.73. The Kier molecular flexibility index (Phi) is 3.28. The summed E-state index contributed by atoms with van der Waals surface area (Å²) in [6.45, 7) is 0. The first-order chi connectivity index (χ1) is 10.4. The minimum atomic E-state index is -3.73. The van der Waals surface area contributed by atoms with E-state index in [0.717, 1.165) is 0 Å². The number of sulfone groups is 1. The molecule has 2 N–H and O–H groups in total. The molecule has 0 aliphatic heterocycles. The fourth-order valence-corrected chi connectivity index (χ4v) is 5.03. The first-order valence-corrected chi connectivity index (χ1v) is 8.20. The lowest BCUT2D eigenvalue weighted by atomic mass is 10.1. The van der Waals surface area contributed by atoms with E-state index in [1.807, 2.05) is 6.07 Å². The third-order valence-electron chi connectivity index (χ3n) is 4.01. The molecule has 1 saturated carbocycles. The Balaban J connectivity index is 2.04. The predicted molar refractivity (Wildman–Crippen MR) is 79.1 cm³/mol. The summed E-state index contributed by atoms with van der Waals surface area (Å²) < 4.78 is 38.5. The molecule has 1 aliphatic rings. The summed E-state index contributed by atoms with van der Waals surface area (Å²) in [4.78, 5) is 0.134. The van der Waals surface area contributed by atoms with Gasteiger partial charge in [0.15, 0.2) is 9.84 Å². The van der Waals surface area contributed by atoms with E-state index in [1.165, 1.54) is 36.4 Å². The smallest absolute Gasteiger partial charge is 0.184 e. The van der Waals surface area contributed by atoms with Gasteiger partial charge in [-0.2, -0.15) is 5.26 Å². The van der Waals surface area contributed by atoms with Crippen molar-refractivity contribution in [1.82, 2.24) is 0 Å². The highest BCUT2D eigenvalue weighted by molar-refractivity contribution is 7.92. The summed E-state index contributed by atoms with van der Waals surface area (Å²) in [6.07, 6.45) is 0. The summed E-state index contributed by atoms with van der Waals surface area (Å²) in [5.74, 6) is -1.09. The fourth-order valence-electron chi connectivity index (χ4n) is 2.82. The van der Waals surface area contributed by atoms with Crippen molar-refractivity contribution in [3.05, 3.63) is 66.0 Å². The van der Waals surface area contributed by atoms with Crippen molar-refractivity contribution in [2.24, 2.45) is 5.73 Å². The minimum absolute atomic E-state index is 0.134. The SMILES string of the molecule is N#C[C@@]1(N)[C@@H](c2ccc(F)cc2)[C@@H]1S(=O)(=O)c1ccccc1. The lowest BCUT2D eigenvalue weighted by Crippen LogP contribution is -2.29. The third kappa shape index (κ3) is 2.10. The molecule has 4 nitrogen and oxygen atoms in total. The zero-order chi connectivity index (χ0) is 16.0. The molecule has 1 fully saturated rings. The summed E-state index contributed by atoms with van der Waals surface area (Å²) in [6, 6.07) is 15.2. The molecule has 112 valence electrons. The second kappa shape index (κ2) is 4.90. The van der Waals surface area contributed by atoms with Gasteiger partial charge in [-0.25, -0.2) is 12.8 Å². The lowest BCUT2D eigenvalue weighted by Gasteiger charge is -2.04. The van der Waals surface area contributed by atoms with Crippen LogP contribution in [0.3, 0.4) is 0 Å². The van der Waals surface area contributed by atoms with E-state index < -0.39 is 32.4 Å². The highest BCUT2D eigenvalue weighted by atomic mass is 32.2. The zero-order valence-electron chi connectivity index (χ0n) is 11.5. The largest absolute Gasteiger partial charge is 0.312 e. The Morgan fingerprint density at radius 1 is 1.09 bits per heavy atom. The van der Waals surface area contributed by atoms with Crippen LogP contribution in [0, 0.1) is 17.1 Å². The maximum atomic E-state index is 13.0. The van der Waals surface area contributed by atoms with Crippen LogP contribution in [-0.4, -0.2) is 19.2 Å². The van der Waals surface area contributed by atoms with E-state index in [4.69, 9.17) is 5.73 Å². The molecule has 2 aromatic rings. The van der Waals surface area contributed by atoms with Gasteiger partial charge in [0.1, 0.15) is 16.6 Å². The molecule has 0 radical (unpaired) electrons. The molecule has 0 bridgehead atoms. The third-order valence-corrected chi connectivity index (χ3v) is 6.27. The Labute approximate surface area is 127 Å². The van der Waals surface area contributed by atoms with Crippen LogP contribution < -0.4 is 5.73 Å². The molecule has 3 rings (SSSR count). The first kappa shape index (κ1) is 14.7. The predicted octanol–water partition coefficient (Wildman–Crippen LogP) is 1.99. The van der Waals surface area contributed by atoms with E-state index in [9.17, 15) is 18.1 Å². The van der Waals surface area contributed by atoms with Gasteiger partial charge in [-0.05, 0) is 29.8 Å². The number of nitrogens with two attached hydrogens (primary N) is 1. The molecule has 0 amide bonds. The van der Waals surface area contributed by atoms with Gasteiger partial charge in [-0.1, -0.05) is 30.3 Å². The van der Waals surface area contributed by atoms with Gasteiger partial charge in [-0.3, -0.25) is 0 Å². The van der Waals surface area contributed by atoms with Crippen LogP contribution in [0.15, 0.2) is 59.5 Å². The molecule has 3 atom stereocenters. The highest BCUT2D eigenvalue weighted by Gasteiger charge is 2.70. The van der Waals surface area contributed by atoms with E-state index in [0.29, 0.717) is 5.56 Å². The number of nitriles is 1. The normalized spacial score (nSPS) is 27.1. The van der Waals surface area contributed by atoms with Crippen LogP contribution in [0.4, 0.5) is 4.39 Å². The Morgan fingerprint density at radius 2 is 1.68 bits per heavy atom. The van der Waals surface area contributed by atoms with Gasteiger partial charge in [0.2, 0.25) is 0 Å². The van der Waals surface area contributed by atoms with Crippen LogP contribution in [0.2, 0.25) is 0 Å². The first-order valence-electron chi connectivity index (χ1n) is 6.66. The maximum absolute atomic E-state index is 13.0.